The molecule has 0 atom stereocenters. The summed E-state index contributed by atoms with van der Waals surface area (Å²) in [6.07, 6.45) is 3.77. The molecule has 0 bridgehead atoms. The van der Waals surface area contributed by atoms with Gasteiger partial charge >= 0.3 is 0 Å². The summed E-state index contributed by atoms with van der Waals surface area (Å²) in [5, 5.41) is 6.15. The average molecular weight is 345 g/mol. The topological polar surface area (TPSA) is 56.7 Å². The second-order valence-corrected chi connectivity index (χ2v) is 6.60. The molecule has 0 aliphatic carbocycles. The quantitative estimate of drug-likeness (QED) is 0.616. The Hall–Kier alpha value is -2.04. The van der Waals surface area contributed by atoms with Gasteiger partial charge in [0.25, 0.3) is 0 Å². The average Bonchev–Trinajstić information content (AvgIpc) is 2.66. The standard InChI is InChI=1S/C20H32N4O/c1-4-17-8-6-7-9-18(17)15-23-20(22-5-2)24-12-10-16(11-13-24)14-19(25)21-3/h6-9,16H,4-5,10-15H2,1-3H3,(H,21,25)(H,22,23). The molecule has 0 aromatic heterocycles. The molecule has 0 saturated carbocycles. The largest absolute Gasteiger partial charge is 0.359 e. The molecule has 2 N–H and O–H groups in total. The molecule has 1 aliphatic rings. The van der Waals surface area contributed by atoms with Crippen LogP contribution in [0.5, 0.6) is 0 Å². The van der Waals surface area contributed by atoms with Gasteiger partial charge < -0.3 is 15.5 Å². The van der Waals surface area contributed by atoms with E-state index in [4.69, 9.17) is 4.99 Å². The summed E-state index contributed by atoms with van der Waals surface area (Å²) >= 11 is 0. The lowest BCUT2D eigenvalue weighted by atomic mass is 9.93. The number of carbonyl (C=O) groups is 1. The van der Waals surface area contributed by atoms with E-state index in [0.29, 0.717) is 18.9 Å². The highest BCUT2D eigenvalue weighted by Gasteiger charge is 2.23. The van der Waals surface area contributed by atoms with Gasteiger partial charge in [0.2, 0.25) is 5.91 Å². The van der Waals surface area contributed by atoms with E-state index in [1.807, 2.05) is 0 Å². The monoisotopic (exact) mass is 344 g/mol. The highest BCUT2D eigenvalue weighted by atomic mass is 16.1. The van der Waals surface area contributed by atoms with Gasteiger partial charge in [0.1, 0.15) is 0 Å². The van der Waals surface area contributed by atoms with Crippen LogP contribution in [-0.4, -0.2) is 43.4 Å². The molecule has 1 amide bonds. The number of likely N-dealkylation sites (tertiary alicyclic amines) is 1. The Balaban J connectivity index is 1.97. The van der Waals surface area contributed by atoms with E-state index in [1.165, 1.54) is 11.1 Å². The molecule has 0 spiro atoms. The third-order valence-corrected chi connectivity index (χ3v) is 4.90. The predicted octanol–water partition coefficient (Wildman–Crippen LogP) is 2.56. The number of guanidine groups is 1. The fourth-order valence-corrected chi connectivity index (χ4v) is 3.36. The van der Waals surface area contributed by atoms with Crippen molar-refractivity contribution in [2.24, 2.45) is 10.9 Å². The summed E-state index contributed by atoms with van der Waals surface area (Å²) in [5.74, 6) is 1.63. The molecule has 1 fully saturated rings. The van der Waals surface area contributed by atoms with Crippen molar-refractivity contribution in [1.82, 2.24) is 15.5 Å². The molecule has 1 heterocycles. The van der Waals surface area contributed by atoms with Crippen molar-refractivity contribution in [2.75, 3.05) is 26.7 Å². The number of nitrogens with one attached hydrogen (secondary N) is 2. The first-order valence-corrected chi connectivity index (χ1v) is 9.48. The summed E-state index contributed by atoms with van der Waals surface area (Å²) in [6, 6.07) is 8.53. The highest BCUT2D eigenvalue weighted by Crippen LogP contribution is 2.20. The van der Waals surface area contributed by atoms with Gasteiger partial charge in [0.15, 0.2) is 5.96 Å². The molecular weight excluding hydrogens is 312 g/mol. The van der Waals surface area contributed by atoms with Gasteiger partial charge in [-0.15, -0.1) is 0 Å². The Morgan fingerprint density at radius 1 is 1.20 bits per heavy atom. The lowest BCUT2D eigenvalue weighted by Gasteiger charge is -2.34. The van der Waals surface area contributed by atoms with E-state index in [1.54, 1.807) is 7.05 Å². The lowest BCUT2D eigenvalue weighted by Crippen LogP contribution is -2.46. The number of rotatable bonds is 6. The van der Waals surface area contributed by atoms with Gasteiger partial charge in [-0.25, -0.2) is 4.99 Å². The Kier molecular flexibility index (Phi) is 7.76. The van der Waals surface area contributed by atoms with Gasteiger partial charge in [-0.1, -0.05) is 31.2 Å². The first-order valence-electron chi connectivity index (χ1n) is 9.48. The summed E-state index contributed by atoms with van der Waals surface area (Å²) in [5.41, 5.74) is 2.67. The number of benzene rings is 1. The zero-order chi connectivity index (χ0) is 18.1. The van der Waals surface area contributed by atoms with Crippen LogP contribution >= 0.6 is 0 Å². The van der Waals surface area contributed by atoms with E-state index in [-0.39, 0.29) is 5.91 Å². The summed E-state index contributed by atoms with van der Waals surface area (Å²) in [7, 11) is 1.71. The molecular formula is C20H32N4O. The van der Waals surface area contributed by atoms with Gasteiger partial charge in [-0.3, -0.25) is 4.79 Å². The molecule has 0 unspecified atom stereocenters. The second-order valence-electron chi connectivity index (χ2n) is 6.60. The molecule has 1 aromatic carbocycles. The number of hydrogen-bond donors (Lipinski definition) is 2. The molecule has 1 saturated heterocycles. The van der Waals surface area contributed by atoms with Crippen molar-refractivity contribution in [1.29, 1.82) is 0 Å². The Morgan fingerprint density at radius 2 is 1.88 bits per heavy atom. The fraction of sp³-hybridized carbons (Fsp3) is 0.600. The third kappa shape index (κ3) is 5.76. The zero-order valence-corrected chi connectivity index (χ0v) is 15.8. The van der Waals surface area contributed by atoms with Crippen LogP contribution in [0.25, 0.3) is 0 Å². The molecule has 2 rings (SSSR count). The van der Waals surface area contributed by atoms with Crippen molar-refractivity contribution < 1.29 is 4.79 Å². The molecule has 1 aliphatic heterocycles. The van der Waals surface area contributed by atoms with Gasteiger partial charge in [0, 0.05) is 33.1 Å². The minimum absolute atomic E-state index is 0.148. The molecule has 5 heteroatoms. The molecule has 138 valence electrons. The lowest BCUT2D eigenvalue weighted by molar-refractivity contribution is -0.121. The van der Waals surface area contributed by atoms with Crippen molar-refractivity contribution in [3.63, 3.8) is 0 Å². The van der Waals surface area contributed by atoms with E-state index >= 15 is 0 Å². The molecule has 1 aromatic rings. The fourth-order valence-electron chi connectivity index (χ4n) is 3.36. The minimum Gasteiger partial charge on any atom is -0.359 e. The Labute approximate surface area is 151 Å². The first-order chi connectivity index (χ1) is 12.2. The van der Waals surface area contributed by atoms with Crippen molar-refractivity contribution in [3.05, 3.63) is 35.4 Å². The second kappa shape index (κ2) is 10.1. The maximum Gasteiger partial charge on any atom is 0.220 e. The van der Waals surface area contributed by atoms with Gasteiger partial charge in [-0.05, 0) is 43.2 Å². The van der Waals surface area contributed by atoms with Crippen LogP contribution in [0.3, 0.4) is 0 Å². The third-order valence-electron chi connectivity index (χ3n) is 4.90. The van der Waals surface area contributed by atoms with Crippen LogP contribution in [0, 0.1) is 5.92 Å². The van der Waals surface area contributed by atoms with Gasteiger partial charge in [-0.2, -0.15) is 0 Å². The van der Waals surface area contributed by atoms with Crippen molar-refractivity contribution >= 4 is 11.9 Å². The Morgan fingerprint density at radius 3 is 2.48 bits per heavy atom. The van der Waals surface area contributed by atoms with Crippen LogP contribution in [0.4, 0.5) is 0 Å². The summed E-state index contributed by atoms with van der Waals surface area (Å²) in [6.45, 7) is 7.79. The van der Waals surface area contributed by atoms with Gasteiger partial charge in [0.05, 0.1) is 6.54 Å². The van der Waals surface area contributed by atoms with Crippen LogP contribution in [-0.2, 0) is 17.8 Å². The summed E-state index contributed by atoms with van der Waals surface area (Å²) < 4.78 is 0. The number of carbonyl (C=O) groups excluding carboxylic acids is 1. The first kappa shape index (κ1) is 19.3. The SMILES string of the molecule is CCNC(=NCc1ccccc1CC)N1CCC(CC(=O)NC)CC1. The number of hydrogen-bond acceptors (Lipinski definition) is 2. The normalized spacial score (nSPS) is 16.0. The van der Waals surface area contributed by atoms with Crippen LogP contribution < -0.4 is 10.6 Å². The summed E-state index contributed by atoms with van der Waals surface area (Å²) in [4.78, 5) is 18.8. The molecule has 5 nitrogen and oxygen atoms in total. The van der Waals surface area contributed by atoms with Crippen molar-refractivity contribution in [3.8, 4) is 0 Å². The highest BCUT2D eigenvalue weighted by molar-refractivity contribution is 5.80. The number of aliphatic imine (C=N–C) groups is 1. The maximum atomic E-state index is 11.6. The van der Waals surface area contributed by atoms with E-state index in [2.05, 4.69) is 53.6 Å². The number of nitrogens with zero attached hydrogens (tertiary/aromatic N) is 2. The van der Waals surface area contributed by atoms with Crippen LogP contribution in [0.1, 0.15) is 44.2 Å². The van der Waals surface area contributed by atoms with E-state index in [0.717, 1.165) is 44.9 Å². The number of amides is 1. The molecule has 25 heavy (non-hydrogen) atoms. The van der Waals surface area contributed by atoms with Crippen LogP contribution in [0.2, 0.25) is 0 Å². The zero-order valence-electron chi connectivity index (χ0n) is 15.8. The minimum atomic E-state index is 0.148. The predicted molar refractivity (Wildman–Crippen MR) is 104 cm³/mol. The number of aryl methyl sites for hydroxylation is 1. The number of piperidine rings is 1. The smallest absolute Gasteiger partial charge is 0.220 e. The molecule has 0 radical (unpaired) electrons. The van der Waals surface area contributed by atoms with E-state index in [9.17, 15) is 4.79 Å². The van der Waals surface area contributed by atoms with E-state index < -0.39 is 0 Å². The maximum absolute atomic E-state index is 11.6. The Bertz CT molecular complexity index is 577. The van der Waals surface area contributed by atoms with Crippen molar-refractivity contribution in [2.45, 2.75) is 46.1 Å². The van der Waals surface area contributed by atoms with Crippen LogP contribution in [0.15, 0.2) is 29.3 Å².